The molecule has 0 bridgehead atoms. The molecule has 0 amide bonds. The predicted molar refractivity (Wildman–Crippen MR) is 56.2 cm³/mol. The van der Waals surface area contributed by atoms with Crippen molar-refractivity contribution in [1.29, 1.82) is 0 Å². The number of hydrogen-bond acceptors (Lipinski definition) is 2. The van der Waals surface area contributed by atoms with Gasteiger partial charge in [-0.3, -0.25) is 0 Å². The summed E-state index contributed by atoms with van der Waals surface area (Å²) in [5.74, 6) is 0.475. The van der Waals surface area contributed by atoms with Gasteiger partial charge in [0.15, 0.2) is 0 Å². The zero-order valence-electron chi connectivity index (χ0n) is 9.01. The molecule has 0 aliphatic heterocycles. The minimum absolute atomic E-state index is 0.165. The van der Waals surface area contributed by atoms with Gasteiger partial charge in [-0.15, -0.1) is 11.6 Å². The number of rotatable bonds is 6. The number of aliphatic hydroxyl groups excluding tert-OH is 1. The minimum atomic E-state index is -0.429. The van der Waals surface area contributed by atoms with Gasteiger partial charge in [-0.1, -0.05) is 6.92 Å². The van der Waals surface area contributed by atoms with Crippen LogP contribution in [0.5, 0.6) is 0 Å². The highest BCUT2D eigenvalue weighted by molar-refractivity contribution is 6.18. The first-order valence-corrected chi connectivity index (χ1v) is 5.34. The molecule has 0 saturated heterocycles. The van der Waals surface area contributed by atoms with Gasteiger partial charge in [-0.05, 0) is 33.1 Å². The van der Waals surface area contributed by atoms with Crippen molar-refractivity contribution in [1.82, 2.24) is 0 Å². The Morgan fingerprint density at radius 2 is 2.00 bits per heavy atom. The molecule has 0 heterocycles. The molecule has 2 nitrogen and oxygen atoms in total. The summed E-state index contributed by atoms with van der Waals surface area (Å²) in [6.07, 6.45) is 0.399. The smallest absolute Gasteiger partial charge is 0.0702 e. The van der Waals surface area contributed by atoms with E-state index in [2.05, 4.69) is 0 Å². The van der Waals surface area contributed by atoms with Crippen LogP contribution in [0.1, 0.15) is 34.1 Å². The fraction of sp³-hybridized carbons (Fsp3) is 1.00. The molecule has 0 aliphatic carbocycles. The zero-order chi connectivity index (χ0) is 10.5. The molecular weight excluding hydrogens is 188 g/mol. The Hall–Kier alpha value is 0.210. The van der Waals surface area contributed by atoms with Gasteiger partial charge in [0.25, 0.3) is 0 Å². The Morgan fingerprint density at radius 3 is 2.38 bits per heavy atom. The molecule has 0 rings (SSSR count). The summed E-state index contributed by atoms with van der Waals surface area (Å²) >= 11 is 5.56. The van der Waals surface area contributed by atoms with E-state index in [1.165, 1.54) is 0 Å². The molecule has 13 heavy (non-hydrogen) atoms. The molecule has 0 aromatic carbocycles. The van der Waals surface area contributed by atoms with E-state index in [9.17, 15) is 5.11 Å². The lowest BCUT2D eigenvalue weighted by atomic mass is 9.91. The monoisotopic (exact) mass is 208 g/mol. The lowest BCUT2D eigenvalue weighted by molar-refractivity contribution is -0.0383. The number of aliphatic hydroxyl groups is 1. The van der Waals surface area contributed by atoms with Crippen LogP contribution in [0.3, 0.4) is 0 Å². The van der Waals surface area contributed by atoms with Crippen LogP contribution in [0.4, 0.5) is 0 Å². The lowest BCUT2D eigenvalue weighted by Gasteiger charge is -2.29. The maximum atomic E-state index is 9.47. The number of halogens is 1. The van der Waals surface area contributed by atoms with E-state index in [-0.39, 0.29) is 11.5 Å². The molecule has 0 spiro atoms. The number of alkyl halides is 1. The van der Waals surface area contributed by atoms with Crippen LogP contribution in [0, 0.1) is 5.92 Å². The molecule has 2 atom stereocenters. The third-order valence-corrected chi connectivity index (χ3v) is 2.48. The summed E-state index contributed by atoms with van der Waals surface area (Å²) in [4.78, 5) is 0. The lowest BCUT2D eigenvalue weighted by Crippen LogP contribution is -2.32. The first-order chi connectivity index (χ1) is 5.93. The fourth-order valence-electron chi connectivity index (χ4n) is 1.51. The molecule has 3 heteroatoms. The van der Waals surface area contributed by atoms with Crippen LogP contribution in [-0.2, 0) is 4.74 Å². The van der Waals surface area contributed by atoms with Gasteiger partial charge in [-0.25, -0.2) is 0 Å². The first kappa shape index (κ1) is 13.2. The van der Waals surface area contributed by atoms with Crippen molar-refractivity contribution in [2.75, 3.05) is 12.5 Å². The maximum absolute atomic E-state index is 9.47. The number of ether oxygens (including phenoxy) is 1. The summed E-state index contributed by atoms with van der Waals surface area (Å²) in [5, 5.41) is 9.47. The van der Waals surface area contributed by atoms with Gasteiger partial charge in [-0.2, -0.15) is 0 Å². The van der Waals surface area contributed by atoms with Crippen molar-refractivity contribution < 1.29 is 9.84 Å². The van der Waals surface area contributed by atoms with Crippen molar-refractivity contribution in [3.8, 4) is 0 Å². The van der Waals surface area contributed by atoms with Crippen LogP contribution in [-0.4, -0.2) is 29.3 Å². The molecule has 80 valence electrons. The third-order valence-electron chi connectivity index (χ3n) is 2.16. The number of hydrogen-bond donors (Lipinski definition) is 1. The molecule has 1 unspecified atom stereocenters. The standard InChI is InChI=1S/C10H21ClO2/c1-5-13-10(3,4)6-8(2)9(12)7-11/h8-9,12H,5-7H2,1-4H3/t8?,9-/m0/s1. The van der Waals surface area contributed by atoms with Crippen LogP contribution in [0.15, 0.2) is 0 Å². The van der Waals surface area contributed by atoms with Gasteiger partial charge in [0.1, 0.15) is 0 Å². The van der Waals surface area contributed by atoms with Gasteiger partial charge < -0.3 is 9.84 Å². The Kier molecular flexibility index (Phi) is 5.93. The normalized spacial score (nSPS) is 17.1. The topological polar surface area (TPSA) is 29.5 Å². The Labute approximate surface area is 86.2 Å². The minimum Gasteiger partial charge on any atom is -0.392 e. The zero-order valence-corrected chi connectivity index (χ0v) is 9.77. The second kappa shape index (κ2) is 5.84. The van der Waals surface area contributed by atoms with Gasteiger partial charge in [0, 0.05) is 12.5 Å². The van der Waals surface area contributed by atoms with E-state index < -0.39 is 6.10 Å². The SMILES string of the molecule is CCOC(C)(C)CC(C)[C@@H](O)CCl. The Morgan fingerprint density at radius 1 is 1.46 bits per heavy atom. The van der Waals surface area contributed by atoms with E-state index in [1.807, 2.05) is 27.7 Å². The van der Waals surface area contributed by atoms with E-state index in [1.54, 1.807) is 0 Å². The molecule has 1 N–H and O–H groups in total. The fourth-order valence-corrected chi connectivity index (χ4v) is 1.82. The molecule has 0 aromatic rings. The first-order valence-electron chi connectivity index (χ1n) is 4.81. The van der Waals surface area contributed by atoms with Crippen molar-refractivity contribution in [3.05, 3.63) is 0 Å². The largest absolute Gasteiger partial charge is 0.392 e. The van der Waals surface area contributed by atoms with Crippen molar-refractivity contribution >= 4 is 11.6 Å². The van der Waals surface area contributed by atoms with E-state index >= 15 is 0 Å². The van der Waals surface area contributed by atoms with E-state index in [0.29, 0.717) is 12.5 Å². The molecule has 0 radical (unpaired) electrons. The third kappa shape index (κ3) is 5.50. The average Bonchev–Trinajstić information content (AvgIpc) is 2.01. The van der Waals surface area contributed by atoms with Crippen LogP contribution >= 0.6 is 11.6 Å². The Bertz CT molecular complexity index is 137. The van der Waals surface area contributed by atoms with Crippen molar-refractivity contribution in [3.63, 3.8) is 0 Å². The summed E-state index contributed by atoms with van der Waals surface area (Å²) in [6, 6.07) is 0. The van der Waals surface area contributed by atoms with Crippen LogP contribution in [0.25, 0.3) is 0 Å². The van der Waals surface area contributed by atoms with Crippen LogP contribution in [0.2, 0.25) is 0 Å². The molecular formula is C10H21ClO2. The average molecular weight is 209 g/mol. The predicted octanol–water partition coefficient (Wildman–Crippen LogP) is 2.43. The quantitative estimate of drug-likeness (QED) is 0.680. The van der Waals surface area contributed by atoms with Gasteiger partial charge in [0.2, 0.25) is 0 Å². The molecule has 0 aromatic heterocycles. The Balaban J connectivity index is 3.94. The highest BCUT2D eigenvalue weighted by Gasteiger charge is 2.24. The maximum Gasteiger partial charge on any atom is 0.0702 e. The van der Waals surface area contributed by atoms with E-state index in [4.69, 9.17) is 16.3 Å². The second-order valence-corrected chi connectivity index (χ2v) is 4.40. The van der Waals surface area contributed by atoms with Gasteiger partial charge >= 0.3 is 0 Å². The van der Waals surface area contributed by atoms with Crippen LogP contribution < -0.4 is 0 Å². The highest BCUT2D eigenvalue weighted by Crippen LogP contribution is 2.22. The van der Waals surface area contributed by atoms with Crippen molar-refractivity contribution in [2.24, 2.45) is 5.92 Å². The summed E-state index contributed by atoms with van der Waals surface area (Å²) in [6.45, 7) is 8.75. The summed E-state index contributed by atoms with van der Waals surface area (Å²) in [5.41, 5.74) is -0.165. The van der Waals surface area contributed by atoms with Crippen molar-refractivity contribution in [2.45, 2.75) is 45.8 Å². The summed E-state index contributed by atoms with van der Waals surface area (Å²) in [7, 11) is 0. The second-order valence-electron chi connectivity index (χ2n) is 4.10. The highest BCUT2D eigenvalue weighted by atomic mass is 35.5. The molecule has 0 saturated carbocycles. The summed E-state index contributed by atoms with van der Waals surface area (Å²) < 4.78 is 5.54. The van der Waals surface area contributed by atoms with Gasteiger partial charge in [0.05, 0.1) is 11.7 Å². The van der Waals surface area contributed by atoms with E-state index in [0.717, 1.165) is 6.42 Å². The molecule has 0 fully saturated rings. The molecule has 0 aliphatic rings.